The van der Waals surface area contributed by atoms with Gasteiger partial charge >= 0.3 is 5.97 Å². The fourth-order valence-corrected chi connectivity index (χ4v) is 1.53. The fraction of sp³-hybridized carbons (Fsp3) is 0.909. The molecule has 3 nitrogen and oxygen atoms in total. The van der Waals surface area contributed by atoms with E-state index in [4.69, 9.17) is 10.5 Å². The lowest BCUT2D eigenvalue weighted by molar-refractivity contribution is -0.148. The quantitative estimate of drug-likeness (QED) is 0.635. The standard InChI is InChI=1S/C11H21NO2/c1-2-3-10(8-12)11(13)14-7-6-9-4-5-9/h9-10H,2-8,12H2,1H3. The van der Waals surface area contributed by atoms with Crippen LogP contribution in [0.3, 0.4) is 0 Å². The summed E-state index contributed by atoms with van der Waals surface area (Å²) in [7, 11) is 0. The van der Waals surface area contributed by atoms with Crippen molar-refractivity contribution < 1.29 is 9.53 Å². The van der Waals surface area contributed by atoms with E-state index in [0.717, 1.165) is 25.2 Å². The molecular formula is C11H21NO2. The molecule has 1 atom stereocenters. The molecule has 82 valence electrons. The smallest absolute Gasteiger partial charge is 0.310 e. The van der Waals surface area contributed by atoms with Crippen LogP contribution in [-0.4, -0.2) is 19.1 Å². The maximum Gasteiger partial charge on any atom is 0.310 e. The summed E-state index contributed by atoms with van der Waals surface area (Å²) in [6.45, 7) is 3.06. The van der Waals surface area contributed by atoms with Gasteiger partial charge in [0.05, 0.1) is 12.5 Å². The summed E-state index contributed by atoms with van der Waals surface area (Å²) in [6, 6.07) is 0. The molecule has 0 bridgehead atoms. The first-order valence-corrected chi connectivity index (χ1v) is 5.64. The SMILES string of the molecule is CCCC(CN)C(=O)OCCC1CC1. The molecule has 1 rings (SSSR count). The summed E-state index contributed by atoms with van der Waals surface area (Å²) in [5.74, 6) is 0.638. The van der Waals surface area contributed by atoms with E-state index in [9.17, 15) is 4.79 Å². The number of hydrogen-bond acceptors (Lipinski definition) is 3. The van der Waals surface area contributed by atoms with E-state index in [-0.39, 0.29) is 11.9 Å². The van der Waals surface area contributed by atoms with E-state index in [1.54, 1.807) is 0 Å². The second kappa shape index (κ2) is 6.02. The second-order valence-corrected chi connectivity index (χ2v) is 4.12. The van der Waals surface area contributed by atoms with Crippen LogP contribution in [0.1, 0.15) is 39.0 Å². The van der Waals surface area contributed by atoms with Crippen molar-refractivity contribution in [1.29, 1.82) is 0 Å². The Bertz CT molecular complexity index is 178. The Hall–Kier alpha value is -0.570. The van der Waals surface area contributed by atoms with Crippen LogP contribution in [0.25, 0.3) is 0 Å². The van der Waals surface area contributed by atoms with E-state index in [2.05, 4.69) is 6.92 Å². The molecule has 0 saturated heterocycles. The third kappa shape index (κ3) is 4.09. The highest BCUT2D eigenvalue weighted by molar-refractivity contribution is 5.72. The Balaban J connectivity index is 2.09. The highest BCUT2D eigenvalue weighted by atomic mass is 16.5. The molecule has 0 spiro atoms. The summed E-state index contributed by atoms with van der Waals surface area (Å²) in [5, 5.41) is 0. The Labute approximate surface area is 86.0 Å². The van der Waals surface area contributed by atoms with Crippen molar-refractivity contribution in [1.82, 2.24) is 0 Å². The third-order valence-corrected chi connectivity index (χ3v) is 2.72. The first-order valence-electron chi connectivity index (χ1n) is 5.64. The summed E-state index contributed by atoms with van der Waals surface area (Å²) in [4.78, 5) is 11.5. The van der Waals surface area contributed by atoms with Gasteiger partial charge in [-0.05, 0) is 18.8 Å². The number of rotatable bonds is 7. The van der Waals surface area contributed by atoms with Crippen LogP contribution in [-0.2, 0) is 9.53 Å². The van der Waals surface area contributed by atoms with Crippen molar-refractivity contribution in [3.05, 3.63) is 0 Å². The number of nitrogens with two attached hydrogens (primary N) is 1. The molecule has 0 aromatic heterocycles. The third-order valence-electron chi connectivity index (χ3n) is 2.72. The molecule has 1 unspecified atom stereocenters. The number of esters is 1. The van der Waals surface area contributed by atoms with E-state index in [0.29, 0.717) is 13.2 Å². The lowest BCUT2D eigenvalue weighted by Gasteiger charge is -2.12. The number of ether oxygens (including phenoxy) is 1. The van der Waals surface area contributed by atoms with Crippen molar-refractivity contribution in [3.63, 3.8) is 0 Å². The summed E-state index contributed by atoms with van der Waals surface area (Å²) in [6.07, 6.45) is 5.49. The largest absolute Gasteiger partial charge is 0.465 e. The molecule has 0 radical (unpaired) electrons. The lowest BCUT2D eigenvalue weighted by Crippen LogP contribution is -2.25. The van der Waals surface area contributed by atoms with Crippen LogP contribution < -0.4 is 5.73 Å². The number of carbonyl (C=O) groups is 1. The topological polar surface area (TPSA) is 52.3 Å². The zero-order valence-electron chi connectivity index (χ0n) is 9.00. The average molecular weight is 199 g/mol. The summed E-state index contributed by atoms with van der Waals surface area (Å²) < 4.78 is 5.18. The van der Waals surface area contributed by atoms with Crippen molar-refractivity contribution in [2.24, 2.45) is 17.6 Å². The molecule has 0 aromatic carbocycles. The molecule has 1 aliphatic carbocycles. The normalized spacial score (nSPS) is 17.9. The van der Waals surface area contributed by atoms with Gasteiger partial charge in [0.25, 0.3) is 0 Å². The van der Waals surface area contributed by atoms with Crippen LogP contribution in [0.2, 0.25) is 0 Å². The monoisotopic (exact) mass is 199 g/mol. The molecule has 0 amide bonds. The van der Waals surface area contributed by atoms with Crippen molar-refractivity contribution in [3.8, 4) is 0 Å². The zero-order valence-corrected chi connectivity index (χ0v) is 9.00. The van der Waals surface area contributed by atoms with Gasteiger partial charge in [-0.25, -0.2) is 0 Å². The molecule has 14 heavy (non-hydrogen) atoms. The van der Waals surface area contributed by atoms with Gasteiger partial charge in [-0.2, -0.15) is 0 Å². The van der Waals surface area contributed by atoms with Gasteiger partial charge < -0.3 is 10.5 Å². The van der Waals surface area contributed by atoms with E-state index >= 15 is 0 Å². The summed E-state index contributed by atoms with van der Waals surface area (Å²) in [5.41, 5.74) is 5.50. The molecule has 1 saturated carbocycles. The molecule has 2 N–H and O–H groups in total. The Morgan fingerprint density at radius 1 is 1.57 bits per heavy atom. The Kier molecular flexibility index (Phi) is 4.94. The van der Waals surface area contributed by atoms with E-state index < -0.39 is 0 Å². The first-order chi connectivity index (χ1) is 6.77. The molecule has 1 aliphatic rings. The van der Waals surface area contributed by atoms with Gasteiger partial charge in [0.1, 0.15) is 0 Å². The van der Waals surface area contributed by atoms with E-state index in [1.807, 2.05) is 0 Å². The predicted octanol–water partition coefficient (Wildman–Crippen LogP) is 1.70. The van der Waals surface area contributed by atoms with Gasteiger partial charge in [-0.1, -0.05) is 26.2 Å². The van der Waals surface area contributed by atoms with Crippen molar-refractivity contribution in [2.75, 3.05) is 13.2 Å². The summed E-state index contributed by atoms with van der Waals surface area (Å²) >= 11 is 0. The highest BCUT2D eigenvalue weighted by Gasteiger charge is 2.22. The van der Waals surface area contributed by atoms with Gasteiger partial charge in [-0.15, -0.1) is 0 Å². The van der Waals surface area contributed by atoms with E-state index in [1.165, 1.54) is 12.8 Å². The highest BCUT2D eigenvalue weighted by Crippen LogP contribution is 2.32. The Morgan fingerprint density at radius 3 is 2.79 bits per heavy atom. The minimum absolute atomic E-state index is 0.0841. The van der Waals surface area contributed by atoms with Crippen LogP contribution in [0.5, 0.6) is 0 Å². The maximum atomic E-state index is 11.5. The minimum atomic E-state index is -0.102. The van der Waals surface area contributed by atoms with Crippen LogP contribution in [0.15, 0.2) is 0 Å². The fourth-order valence-electron chi connectivity index (χ4n) is 1.53. The zero-order chi connectivity index (χ0) is 10.4. The number of carbonyl (C=O) groups excluding carboxylic acids is 1. The van der Waals surface area contributed by atoms with Crippen molar-refractivity contribution >= 4 is 5.97 Å². The molecule has 0 aliphatic heterocycles. The van der Waals surface area contributed by atoms with Gasteiger partial charge in [-0.3, -0.25) is 4.79 Å². The molecule has 1 fully saturated rings. The number of hydrogen-bond donors (Lipinski definition) is 1. The second-order valence-electron chi connectivity index (χ2n) is 4.12. The first kappa shape index (κ1) is 11.5. The molecule has 0 heterocycles. The minimum Gasteiger partial charge on any atom is -0.465 e. The van der Waals surface area contributed by atoms with Crippen LogP contribution in [0, 0.1) is 11.8 Å². The Morgan fingerprint density at radius 2 is 2.29 bits per heavy atom. The van der Waals surface area contributed by atoms with Crippen LogP contribution >= 0.6 is 0 Å². The van der Waals surface area contributed by atoms with Crippen molar-refractivity contribution in [2.45, 2.75) is 39.0 Å². The lowest BCUT2D eigenvalue weighted by atomic mass is 10.0. The van der Waals surface area contributed by atoms with Gasteiger partial charge in [0.2, 0.25) is 0 Å². The molecular weight excluding hydrogens is 178 g/mol. The predicted molar refractivity (Wildman–Crippen MR) is 55.8 cm³/mol. The maximum absolute atomic E-state index is 11.5. The average Bonchev–Trinajstić information content (AvgIpc) is 2.97. The van der Waals surface area contributed by atoms with Gasteiger partial charge in [0, 0.05) is 6.54 Å². The molecule has 0 aromatic rings. The van der Waals surface area contributed by atoms with Gasteiger partial charge in [0.15, 0.2) is 0 Å². The van der Waals surface area contributed by atoms with Crippen LogP contribution in [0.4, 0.5) is 0 Å². The molecule has 3 heteroatoms.